The van der Waals surface area contributed by atoms with Gasteiger partial charge in [0.15, 0.2) is 0 Å². The minimum absolute atomic E-state index is 1.09. The first-order valence-corrected chi connectivity index (χ1v) is 18.9. The van der Waals surface area contributed by atoms with E-state index in [4.69, 9.17) is 0 Å². The molecule has 0 spiro atoms. The summed E-state index contributed by atoms with van der Waals surface area (Å²) in [4.78, 5) is 2.47. The van der Waals surface area contributed by atoms with E-state index in [1.165, 1.54) is 71.5 Å². The minimum atomic E-state index is 1.09. The number of hydrogen-bond acceptors (Lipinski definition) is 1. The van der Waals surface area contributed by atoms with Crippen LogP contribution in [-0.4, -0.2) is 4.57 Å². The maximum absolute atomic E-state index is 2.47. The molecule has 0 aliphatic rings. The Kier molecular flexibility index (Phi) is 8.08. The molecule has 9 aromatic carbocycles. The molecule has 0 amide bonds. The highest BCUT2D eigenvalue weighted by Gasteiger charge is 2.23. The van der Waals surface area contributed by atoms with Crippen LogP contribution in [0.4, 0.5) is 17.1 Å². The Labute approximate surface area is 321 Å². The molecule has 0 bridgehead atoms. The van der Waals surface area contributed by atoms with Gasteiger partial charge in [-0.2, -0.15) is 0 Å². The highest BCUT2D eigenvalue weighted by Crippen LogP contribution is 2.47. The molecule has 10 rings (SSSR count). The molecule has 0 aliphatic carbocycles. The number of nitrogens with zero attached hydrogens (tertiary/aromatic N) is 2. The van der Waals surface area contributed by atoms with Crippen LogP contribution < -0.4 is 4.90 Å². The van der Waals surface area contributed by atoms with Crippen molar-refractivity contribution >= 4 is 49.6 Å². The molecule has 260 valence electrons. The van der Waals surface area contributed by atoms with Crippen molar-refractivity contribution in [3.05, 3.63) is 218 Å². The summed E-state index contributed by atoms with van der Waals surface area (Å²) in [5.41, 5.74) is 15.2. The fraction of sp³-hybridized carbons (Fsp3) is 0.0189. The van der Waals surface area contributed by atoms with Crippen molar-refractivity contribution in [2.75, 3.05) is 4.90 Å². The summed E-state index contributed by atoms with van der Waals surface area (Å²) in [6.45, 7) is 2.22. The molecule has 0 fully saturated rings. The number of rotatable bonds is 7. The van der Waals surface area contributed by atoms with Crippen molar-refractivity contribution in [3.63, 3.8) is 0 Å². The van der Waals surface area contributed by atoms with Crippen LogP contribution in [-0.2, 0) is 0 Å². The average Bonchev–Trinajstić information content (AvgIpc) is 3.59. The topological polar surface area (TPSA) is 8.17 Å². The lowest BCUT2D eigenvalue weighted by molar-refractivity contribution is 1.18. The van der Waals surface area contributed by atoms with Gasteiger partial charge >= 0.3 is 0 Å². The Morgan fingerprint density at radius 2 is 1.00 bits per heavy atom. The van der Waals surface area contributed by atoms with Gasteiger partial charge in [-0.25, -0.2) is 0 Å². The largest absolute Gasteiger partial charge is 0.310 e. The predicted octanol–water partition coefficient (Wildman–Crippen LogP) is 14.7. The van der Waals surface area contributed by atoms with Gasteiger partial charge < -0.3 is 9.47 Å². The van der Waals surface area contributed by atoms with Crippen LogP contribution in [0, 0.1) is 6.92 Å². The highest BCUT2D eigenvalue weighted by atomic mass is 15.1. The van der Waals surface area contributed by atoms with Crippen LogP contribution in [0.25, 0.3) is 71.6 Å². The first kappa shape index (κ1) is 32.5. The molecule has 0 saturated carbocycles. The number of hydrogen-bond donors (Lipinski definition) is 0. The summed E-state index contributed by atoms with van der Waals surface area (Å²) >= 11 is 0. The highest BCUT2D eigenvalue weighted by molar-refractivity contribution is 6.12. The molecular formula is C53H38N2. The van der Waals surface area contributed by atoms with E-state index in [0.29, 0.717) is 0 Å². The zero-order valence-electron chi connectivity index (χ0n) is 30.6. The second-order valence-electron chi connectivity index (χ2n) is 14.2. The predicted molar refractivity (Wildman–Crippen MR) is 234 cm³/mol. The van der Waals surface area contributed by atoms with Gasteiger partial charge in [0.2, 0.25) is 0 Å². The summed E-state index contributed by atoms with van der Waals surface area (Å²) in [5, 5.41) is 4.96. The summed E-state index contributed by atoms with van der Waals surface area (Å²) < 4.78 is 2.42. The third-order valence-electron chi connectivity index (χ3n) is 10.9. The fourth-order valence-corrected chi connectivity index (χ4v) is 8.41. The monoisotopic (exact) mass is 702 g/mol. The summed E-state index contributed by atoms with van der Waals surface area (Å²) in [6.07, 6.45) is 0. The standard InChI is InChI=1S/C53H38N2/c1-37-17-16-28-49-52(37)47-33-31-44(36-51(47)55(49)42-25-12-5-13-26-42)54(50-34-29-40-22-14-15-27-46(40)53(50)41-23-10-4-11-24-41)43-30-32-45(38-18-6-2-7-19-38)48(35-43)39-20-8-3-9-21-39/h2-36H,1H3. The van der Waals surface area contributed by atoms with E-state index < -0.39 is 0 Å². The molecule has 2 nitrogen and oxygen atoms in total. The van der Waals surface area contributed by atoms with Crippen molar-refractivity contribution in [2.45, 2.75) is 6.92 Å². The van der Waals surface area contributed by atoms with Crippen LogP contribution in [0.1, 0.15) is 5.56 Å². The third kappa shape index (κ3) is 5.67. The fourth-order valence-electron chi connectivity index (χ4n) is 8.41. The SMILES string of the molecule is Cc1cccc2c1c1ccc(N(c3ccc(-c4ccccc4)c(-c4ccccc4)c3)c3ccc4ccccc4c3-c3ccccc3)cc1n2-c1ccccc1. The van der Waals surface area contributed by atoms with E-state index in [9.17, 15) is 0 Å². The molecule has 1 heterocycles. The molecule has 0 radical (unpaired) electrons. The molecule has 0 aliphatic heterocycles. The van der Waals surface area contributed by atoms with Crippen LogP contribution in [0.3, 0.4) is 0 Å². The Morgan fingerprint density at radius 3 is 1.73 bits per heavy atom. The third-order valence-corrected chi connectivity index (χ3v) is 10.9. The molecule has 0 unspecified atom stereocenters. The number of aryl methyl sites for hydroxylation is 1. The quantitative estimate of drug-likeness (QED) is 0.160. The second-order valence-corrected chi connectivity index (χ2v) is 14.2. The molecule has 10 aromatic rings. The Bertz CT molecular complexity index is 2960. The van der Waals surface area contributed by atoms with Gasteiger partial charge in [0.05, 0.1) is 16.7 Å². The number of aromatic nitrogens is 1. The van der Waals surface area contributed by atoms with E-state index in [1.54, 1.807) is 0 Å². The summed E-state index contributed by atoms with van der Waals surface area (Å²) in [7, 11) is 0. The van der Waals surface area contributed by atoms with Gasteiger partial charge in [0.25, 0.3) is 0 Å². The van der Waals surface area contributed by atoms with Crippen molar-refractivity contribution < 1.29 is 0 Å². The van der Waals surface area contributed by atoms with Gasteiger partial charge in [0.1, 0.15) is 0 Å². The maximum Gasteiger partial charge on any atom is 0.0562 e. The molecule has 2 heteroatoms. The van der Waals surface area contributed by atoms with Gasteiger partial charge in [-0.05, 0) is 99.6 Å². The van der Waals surface area contributed by atoms with Gasteiger partial charge in [0, 0.05) is 33.4 Å². The Hall–Kier alpha value is -7.16. The van der Waals surface area contributed by atoms with Crippen LogP contribution in [0.2, 0.25) is 0 Å². The van der Waals surface area contributed by atoms with Gasteiger partial charge in [-0.3, -0.25) is 0 Å². The lowest BCUT2D eigenvalue weighted by atomic mass is 9.92. The zero-order chi connectivity index (χ0) is 36.7. The molecule has 0 atom stereocenters. The van der Waals surface area contributed by atoms with Crippen LogP contribution in [0.5, 0.6) is 0 Å². The van der Waals surface area contributed by atoms with E-state index in [1.807, 2.05) is 0 Å². The molecule has 1 aromatic heterocycles. The van der Waals surface area contributed by atoms with Crippen molar-refractivity contribution in [3.8, 4) is 39.1 Å². The minimum Gasteiger partial charge on any atom is -0.310 e. The van der Waals surface area contributed by atoms with Crippen LogP contribution in [0.15, 0.2) is 212 Å². The van der Waals surface area contributed by atoms with E-state index >= 15 is 0 Å². The maximum atomic E-state index is 2.47. The Balaban J connectivity index is 1.30. The lowest BCUT2D eigenvalue weighted by Gasteiger charge is -2.30. The zero-order valence-corrected chi connectivity index (χ0v) is 30.6. The molecular weight excluding hydrogens is 665 g/mol. The van der Waals surface area contributed by atoms with Gasteiger partial charge in [-0.15, -0.1) is 0 Å². The first-order chi connectivity index (χ1) is 27.2. The normalized spacial score (nSPS) is 11.4. The van der Waals surface area contributed by atoms with Crippen molar-refractivity contribution in [1.82, 2.24) is 4.57 Å². The first-order valence-electron chi connectivity index (χ1n) is 18.9. The van der Waals surface area contributed by atoms with E-state index in [-0.39, 0.29) is 0 Å². The van der Waals surface area contributed by atoms with E-state index in [0.717, 1.165) is 22.7 Å². The smallest absolute Gasteiger partial charge is 0.0562 e. The molecule has 55 heavy (non-hydrogen) atoms. The molecule has 0 N–H and O–H groups in total. The van der Waals surface area contributed by atoms with Crippen molar-refractivity contribution in [2.24, 2.45) is 0 Å². The van der Waals surface area contributed by atoms with Gasteiger partial charge in [-0.1, -0.05) is 164 Å². The summed E-state index contributed by atoms with van der Waals surface area (Å²) in [6, 6.07) is 77.0. The number of benzene rings is 9. The number of anilines is 3. The van der Waals surface area contributed by atoms with E-state index in [2.05, 4.69) is 229 Å². The number of para-hydroxylation sites is 1. The molecule has 0 saturated heterocycles. The average molecular weight is 703 g/mol. The summed E-state index contributed by atoms with van der Waals surface area (Å²) in [5.74, 6) is 0. The van der Waals surface area contributed by atoms with Crippen LogP contribution >= 0.6 is 0 Å². The second kappa shape index (κ2) is 13.7. The van der Waals surface area contributed by atoms with Crippen molar-refractivity contribution in [1.29, 1.82) is 0 Å². The number of fused-ring (bicyclic) bond motifs is 4. The lowest BCUT2D eigenvalue weighted by Crippen LogP contribution is -2.12. The Morgan fingerprint density at radius 1 is 0.400 bits per heavy atom.